The largest absolute Gasteiger partial charge is 0.384 e. The van der Waals surface area contributed by atoms with Gasteiger partial charge in [0.15, 0.2) is 5.65 Å². The molecule has 0 saturated heterocycles. The minimum absolute atomic E-state index is 0.518. The molecule has 124 valence electrons. The second-order valence-corrected chi connectivity index (χ2v) is 5.90. The number of hydrogen-bond donors (Lipinski definition) is 2. The van der Waals surface area contributed by atoms with E-state index in [1.54, 1.807) is 12.3 Å². The number of nitrogens with two attached hydrogens (primary N) is 1. The van der Waals surface area contributed by atoms with Crippen LogP contribution in [0.3, 0.4) is 0 Å². The van der Waals surface area contributed by atoms with Crippen molar-refractivity contribution in [1.82, 2.24) is 19.6 Å². The summed E-state index contributed by atoms with van der Waals surface area (Å²) in [6.45, 7) is 2.64. The van der Waals surface area contributed by atoms with Crippen molar-refractivity contribution in [3.63, 3.8) is 0 Å². The van der Waals surface area contributed by atoms with E-state index in [1.807, 2.05) is 48.0 Å². The van der Waals surface area contributed by atoms with E-state index in [2.05, 4.69) is 27.5 Å². The number of benzene rings is 1. The molecule has 0 atom stereocenters. The molecule has 0 bridgehead atoms. The maximum absolute atomic E-state index is 5.64. The van der Waals surface area contributed by atoms with Crippen LogP contribution < -0.4 is 11.1 Å². The predicted octanol–water partition coefficient (Wildman–Crippen LogP) is 3.29. The molecule has 0 radical (unpaired) electrons. The van der Waals surface area contributed by atoms with Gasteiger partial charge in [0.05, 0.1) is 11.9 Å². The molecule has 0 aliphatic heterocycles. The van der Waals surface area contributed by atoms with Crippen LogP contribution in [0.2, 0.25) is 0 Å². The Morgan fingerprint density at radius 3 is 2.68 bits per heavy atom. The van der Waals surface area contributed by atoms with Gasteiger partial charge in [-0.15, -0.1) is 0 Å². The molecule has 4 aromatic rings. The zero-order valence-corrected chi connectivity index (χ0v) is 13.8. The molecule has 1 aromatic carbocycles. The summed E-state index contributed by atoms with van der Waals surface area (Å²) in [6, 6.07) is 15.9. The van der Waals surface area contributed by atoms with E-state index in [9.17, 15) is 0 Å². The molecule has 3 aromatic heterocycles. The summed E-state index contributed by atoms with van der Waals surface area (Å²) in [6.07, 6.45) is 3.60. The standard InChI is InChI=1S/C19H18N6/c1-13-10-23-25-18(22-12-14-7-8-17(20)21-11-14)9-16(24-19(13)25)15-5-3-2-4-6-15/h2-11,22H,12H2,1H3,(H2,20,21). The number of pyridine rings is 1. The highest BCUT2D eigenvalue weighted by atomic mass is 15.3. The van der Waals surface area contributed by atoms with Crippen LogP contribution in [-0.2, 0) is 6.54 Å². The molecule has 6 nitrogen and oxygen atoms in total. The first-order valence-electron chi connectivity index (χ1n) is 8.06. The number of nitrogen functional groups attached to an aromatic ring is 1. The van der Waals surface area contributed by atoms with Gasteiger partial charge < -0.3 is 11.1 Å². The topological polar surface area (TPSA) is 81.1 Å². The Morgan fingerprint density at radius 2 is 1.92 bits per heavy atom. The fourth-order valence-corrected chi connectivity index (χ4v) is 2.69. The fourth-order valence-electron chi connectivity index (χ4n) is 2.69. The first kappa shape index (κ1) is 15.1. The number of fused-ring (bicyclic) bond motifs is 1. The van der Waals surface area contributed by atoms with Gasteiger partial charge in [0.25, 0.3) is 0 Å². The summed E-state index contributed by atoms with van der Waals surface area (Å²) < 4.78 is 1.83. The van der Waals surface area contributed by atoms with Crippen molar-refractivity contribution in [2.24, 2.45) is 0 Å². The molecule has 0 amide bonds. The normalized spacial score (nSPS) is 10.9. The lowest BCUT2D eigenvalue weighted by atomic mass is 10.1. The summed E-state index contributed by atoms with van der Waals surface area (Å²) in [4.78, 5) is 8.89. The number of rotatable bonds is 4. The van der Waals surface area contributed by atoms with Gasteiger partial charge in [-0.25, -0.2) is 9.97 Å². The first-order valence-corrected chi connectivity index (χ1v) is 8.06. The Hall–Kier alpha value is -3.41. The molecule has 3 N–H and O–H groups in total. The molecule has 3 heterocycles. The lowest BCUT2D eigenvalue weighted by molar-refractivity contribution is 0.925. The van der Waals surface area contributed by atoms with Crippen molar-refractivity contribution < 1.29 is 0 Å². The molecule has 0 fully saturated rings. The molecule has 0 aliphatic carbocycles. The van der Waals surface area contributed by atoms with Crippen LogP contribution in [0.15, 0.2) is 60.9 Å². The average molecular weight is 330 g/mol. The number of anilines is 2. The number of hydrogen-bond acceptors (Lipinski definition) is 5. The van der Waals surface area contributed by atoms with Crippen LogP contribution in [0.1, 0.15) is 11.1 Å². The molecule has 0 aliphatic rings. The van der Waals surface area contributed by atoms with Gasteiger partial charge in [-0.2, -0.15) is 9.61 Å². The third-order valence-electron chi connectivity index (χ3n) is 4.04. The second kappa shape index (κ2) is 6.24. The maximum Gasteiger partial charge on any atom is 0.160 e. The van der Waals surface area contributed by atoms with Crippen molar-refractivity contribution >= 4 is 17.3 Å². The van der Waals surface area contributed by atoms with E-state index in [0.29, 0.717) is 12.4 Å². The van der Waals surface area contributed by atoms with Gasteiger partial charge in [-0.05, 0) is 18.6 Å². The number of nitrogens with zero attached hydrogens (tertiary/aromatic N) is 4. The fraction of sp³-hybridized carbons (Fsp3) is 0.105. The van der Waals surface area contributed by atoms with E-state index in [4.69, 9.17) is 10.7 Å². The van der Waals surface area contributed by atoms with E-state index in [1.165, 1.54) is 0 Å². The summed E-state index contributed by atoms with van der Waals surface area (Å²) in [5, 5.41) is 7.86. The van der Waals surface area contributed by atoms with E-state index >= 15 is 0 Å². The summed E-state index contributed by atoms with van der Waals surface area (Å²) in [7, 11) is 0. The summed E-state index contributed by atoms with van der Waals surface area (Å²) >= 11 is 0. The molecular formula is C19H18N6. The number of aromatic nitrogens is 4. The monoisotopic (exact) mass is 330 g/mol. The quantitative estimate of drug-likeness (QED) is 0.600. The number of aryl methyl sites for hydroxylation is 1. The highest BCUT2D eigenvalue weighted by Crippen LogP contribution is 2.23. The summed E-state index contributed by atoms with van der Waals surface area (Å²) in [5.41, 5.74) is 10.6. The number of nitrogens with one attached hydrogen (secondary N) is 1. The van der Waals surface area contributed by atoms with E-state index < -0.39 is 0 Å². The lowest BCUT2D eigenvalue weighted by Gasteiger charge is -2.11. The Kier molecular flexibility index (Phi) is 3.78. The summed E-state index contributed by atoms with van der Waals surface area (Å²) in [5.74, 6) is 1.40. The molecule has 4 rings (SSSR count). The smallest absolute Gasteiger partial charge is 0.160 e. The molecule has 25 heavy (non-hydrogen) atoms. The highest BCUT2D eigenvalue weighted by molar-refractivity contribution is 5.67. The Labute approximate surface area is 145 Å². The van der Waals surface area contributed by atoms with Crippen molar-refractivity contribution in [2.45, 2.75) is 13.5 Å². The van der Waals surface area contributed by atoms with E-state index in [-0.39, 0.29) is 0 Å². The van der Waals surface area contributed by atoms with Crippen molar-refractivity contribution in [3.8, 4) is 11.3 Å². The van der Waals surface area contributed by atoms with Crippen molar-refractivity contribution in [1.29, 1.82) is 0 Å². The van der Waals surface area contributed by atoms with Gasteiger partial charge in [-0.3, -0.25) is 0 Å². The minimum atomic E-state index is 0.518. The molecule has 0 saturated carbocycles. The highest BCUT2D eigenvalue weighted by Gasteiger charge is 2.10. The molecular weight excluding hydrogens is 312 g/mol. The van der Waals surface area contributed by atoms with Crippen LogP contribution in [-0.4, -0.2) is 19.6 Å². The predicted molar refractivity (Wildman–Crippen MR) is 99.1 cm³/mol. The van der Waals surface area contributed by atoms with Gasteiger partial charge in [-0.1, -0.05) is 36.4 Å². The van der Waals surface area contributed by atoms with Gasteiger partial charge in [0, 0.05) is 29.9 Å². The third kappa shape index (κ3) is 3.01. The van der Waals surface area contributed by atoms with Crippen LogP contribution in [0, 0.1) is 6.92 Å². The van der Waals surface area contributed by atoms with Crippen LogP contribution in [0.5, 0.6) is 0 Å². The molecule has 6 heteroatoms. The van der Waals surface area contributed by atoms with Gasteiger partial charge in [0.1, 0.15) is 11.6 Å². The Morgan fingerprint density at radius 1 is 1.08 bits per heavy atom. The maximum atomic E-state index is 5.64. The first-order chi connectivity index (χ1) is 12.2. The zero-order valence-electron chi connectivity index (χ0n) is 13.8. The van der Waals surface area contributed by atoms with Crippen molar-refractivity contribution in [2.75, 3.05) is 11.1 Å². The SMILES string of the molecule is Cc1cnn2c(NCc3ccc(N)nc3)cc(-c3ccccc3)nc12. The molecule has 0 spiro atoms. The van der Waals surface area contributed by atoms with Crippen LogP contribution in [0.4, 0.5) is 11.6 Å². The van der Waals surface area contributed by atoms with Crippen molar-refractivity contribution in [3.05, 3.63) is 72.1 Å². The van der Waals surface area contributed by atoms with Gasteiger partial charge >= 0.3 is 0 Å². The van der Waals surface area contributed by atoms with E-state index in [0.717, 1.165) is 33.8 Å². The average Bonchev–Trinajstić information content (AvgIpc) is 3.03. The third-order valence-corrected chi connectivity index (χ3v) is 4.04. The van der Waals surface area contributed by atoms with Crippen LogP contribution >= 0.6 is 0 Å². The van der Waals surface area contributed by atoms with Gasteiger partial charge in [0.2, 0.25) is 0 Å². The Bertz CT molecular complexity index is 1010. The Balaban J connectivity index is 1.72. The zero-order chi connectivity index (χ0) is 17.2. The minimum Gasteiger partial charge on any atom is -0.384 e. The van der Waals surface area contributed by atoms with Crippen LogP contribution in [0.25, 0.3) is 16.9 Å². The lowest BCUT2D eigenvalue weighted by Crippen LogP contribution is -2.07. The second-order valence-electron chi connectivity index (χ2n) is 5.90. The molecule has 0 unspecified atom stereocenters.